The second-order valence-corrected chi connectivity index (χ2v) is 4.88. The molecule has 0 aliphatic heterocycles. The van der Waals surface area contributed by atoms with Crippen LogP contribution in [0.5, 0.6) is 0 Å². The first-order valence-corrected chi connectivity index (χ1v) is 5.76. The van der Waals surface area contributed by atoms with Gasteiger partial charge in [0.15, 0.2) is 0 Å². The summed E-state index contributed by atoms with van der Waals surface area (Å²) in [6.45, 7) is 3.75. The van der Waals surface area contributed by atoms with E-state index in [0.717, 1.165) is 15.8 Å². The van der Waals surface area contributed by atoms with Crippen LogP contribution >= 0.6 is 7.75 Å². The van der Waals surface area contributed by atoms with Gasteiger partial charge in [0.2, 0.25) is 0 Å². The van der Waals surface area contributed by atoms with Gasteiger partial charge in [0.1, 0.15) is 0 Å². The highest BCUT2D eigenvalue weighted by atomic mass is 31.2. The molecule has 0 unspecified atom stereocenters. The first kappa shape index (κ1) is 11.2. The van der Waals surface area contributed by atoms with Crippen LogP contribution in [0.4, 0.5) is 5.69 Å². The number of hydrogen-bond donors (Lipinski definition) is 2. The summed E-state index contributed by atoms with van der Waals surface area (Å²) < 4.78 is 12.0. The fourth-order valence-electron chi connectivity index (χ4n) is 1.23. The molecule has 0 spiro atoms. The zero-order valence-electron chi connectivity index (χ0n) is 8.43. The minimum absolute atomic E-state index is 0.568. The number of benzene rings is 1. The molecule has 0 saturated carbocycles. The normalized spacial score (nSPS) is 11.5. The molecule has 0 aliphatic rings. The Morgan fingerprint density at radius 3 is 2.36 bits per heavy atom. The van der Waals surface area contributed by atoms with E-state index in [1.54, 1.807) is 12.1 Å². The van der Waals surface area contributed by atoms with Crippen LogP contribution in [0.25, 0.3) is 0 Å². The molecule has 0 fully saturated rings. The fraction of sp³-hybridized carbons (Fsp3) is 0.333. The van der Waals surface area contributed by atoms with Crippen molar-refractivity contribution in [1.82, 2.24) is 0 Å². The van der Waals surface area contributed by atoms with E-state index in [4.69, 9.17) is 9.79 Å². The maximum Gasteiger partial charge on any atom is 0.429 e. The van der Waals surface area contributed by atoms with E-state index in [-0.39, 0.29) is 0 Å². The molecular formula is C9H14NO3P. The highest BCUT2D eigenvalue weighted by Crippen LogP contribution is 2.43. The van der Waals surface area contributed by atoms with Crippen LogP contribution in [0.1, 0.15) is 11.1 Å². The van der Waals surface area contributed by atoms with Crippen LogP contribution in [0.2, 0.25) is 0 Å². The Kier molecular flexibility index (Phi) is 3.00. The van der Waals surface area contributed by atoms with E-state index in [1.807, 2.05) is 19.9 Å². The standard InChI is InChI=1S/C9H14NO3P/c1-7-5-4-6-9(8(7)2)10(3)14(11,12)13/h4-6H,1-3H3,(H2,11,12,13). The van der Waals surface area contributed by atoms with E-state index in [9.17, 15) is 4.57 Å². The third-order valence-corrected chi connectivity index (χ3v) is 3.31. The first-order valence-electron chi connectivity index (χ1n) is 4.20. The molecule has 78 valence electrons. The minimum Gasteiger partial charge on any atom is -0.308 e. The van der Waals surface area contributed by atoms with Crippen molar-refractivity contribution in [3.05, 3.63) is 29.3 Å². The Bertz CT molecular complexity index is 386. The molecule has 5 heteroatoms. The topological polar surface area (TPSA) is 60.8 Å². The Morgan fingerprint density at radius 2 is 1.86 bits per heavy atom. The summed E-state index contributed by atoms with van der Waals surface area (Å²) in [6, 6.07) is 5.39. The molecule has 0 aliphatic carbocycles. The maximum atomic E-state index is 11.0. The summed E-state index contributed by atoms with van der Waals surface area (Å²) in [5.41, 5.74) is 2.47. The van der Waals surface area contributed by atoms with Crippen molar-refractivity contribution in [3.8, 4) is 0 Å². The molecule has 1 aromatic carbocycles. The molecule has 2 N–H and O–H groups in total. The van der Waals surface area contributed by atoms with E-state index in [1.165, 1.54) is 7.05 Å². The lowest BCUT2D eigenvalue weighted by Gasteiger charge is -2.22. The summed E-state index contributed by atoms with van der Waals surface area (Å²) in [6.07, 6.45) is 0. The molecule has 14 heavy (non-hydrogen) atoms. The smallest absolute Gasteiger partial charge is 0.308 e. The van der Waals surface area contributed by atoms with E-state index < -0.39 is 7.75 Å². The van der Waals surface area contributed by atoms with E-state index in [2.05, 4.69) is 0 Å². The summed E-state index contributed by atoms with van der Waals surface area (Å²) in [5.74, 6) is 0. The SMILES string of the molecule is Cc1cccc(N(C)P(=O)(O)O)c1C. The summed E-state index contributed by atoms with van der Waals surface area (Å²) in [4.78, 5) is 18.0. The Morgan fingerprint density at radius 1 is 1.29 bits per heavy atom. The van der Waals surface area contributed by atoms with Crippen LogP contribution in [0.3, 0.4) is 0 Å². The second-order valence-electron chi connectivity index (χ2n) is 3.26. The Balaban J connectivity index is 3.21. The molecule has 0 atom stereocenters. The Labute approximate surface area is 83.4 Å². The highest BCUT2D eigenvalue weighted by Gasteiger charge is 2.22. The molecule has 0 saturated heterocycles. The predicted molar refractivity (Wildman–Crippen MR) is 56.4 cm³/mol. The molecule has 0 bridgehead atoms. The van der Waals surface area contributed by atoms with Crippen LogP contribution in [-0.4, -0.2) is 16.8 Å². The molecular weight excluding hydrogens is 201 g/mol. The molecule has 0 aromatic heterocycles. The van der Waals surface area contributed by atoms with Gasteiger partial charge in [-0.15, -0.1) is 0 Å². The number of aryl methyl sites for hydroxylation is 1. The zero-order valence-corrected chi connectivity index (χ0v) is 9.32. The van der Waals surface area contributed by atoms with Gasteiger partial charge < -0.3 is 9.79 Å². The van der Waals surface area contributed by atoms with Gasteiger partial charge in [-0.25, -0.2) is 4.57 Å². The van der Waals surface area contributed by atoms with E-state index in [0.29, 0.717) is 5.69 Å². The van der Waals surface area contributed by atoms with Crippen molar-refractivity contribution >= 4 is 13.4 Å². The van der Waals surface area contributed by atoms with Gasteiger partial charge in [-0.2, -0.15) is 0 Å². The van der Waals surface area contributed by atoms with Gasteiger partial charge in [0.25, 0.3) is 0 Å². The van der Waals surface area contributed by atoms with Crippen LogP contribution in [0.15, 0.2) is 18.2 Å². The van der Waals surface area contributed by atoms with Crippen molar-refractivity contribution in [1.29, 1.82) is 0 Å². The lowest BCUT2D eigenvalue weighted by molar-refractivity contribution is 0.371. The van der Waals surface area contributed by atoms with Gasteiger partial charge in [-0.1, -0.05) is 12.1 Å². The number of rotatable bonds is 2. The fourth-order valence-corrected chi connectivity index (χ4v) is 1.72. The van der Waals surface area contributed by atoms with Crippen molar-refractivity contribution in [2.75, 3.05) is 11.7 Å². The molecule has 1 rings (SSSR count). The first-order chi connectivity index (χ1) is 6.34. The molecule has 0 amide bonds. The Hall–Kier alpha value is -0.830. The minimum atomic E-state index is -4.19. The van der Waals surface area contributed by atoms with E-state index >= 15 is 0 Å². The van der Waals surface area contributed by atoms with Crippen LogP contribution in [0, 0.1) is 13.8 Å². The van der Waals surface area contributed by atoms with Crippen molar-refractivity contribution in [2.24, 2.45) is 0 Å². The van der Waals surface area contributed by atoms with Gasteiger partial charge in [-0.05, 0) is 31.0 Å². The predicted octanol–water partition coefficient (Wildman–Crippen LogP) is 1.83. The number of anilines is 1. The van der Waals surface area contributed by atoms with Crippen molar-refractivity contribution in [2.45, 2.75) is 13.8 Å². The highest BCUT2D eigenvalue weighted by molar-refractivity contribution is 7.53. The van der Waals surface area contributed by atoms with Gasteiger partial charge >= 0.3 is 7.75 Å². The summed E-state index contributed by atoms with van der Waals surface area (Å²) >= 11 is 0. The average molecular weight is 215 g/mol. The molecule has 1 aromatic rings. The molecule has 4 nitrogen and oxygen atoms in total. The maximum absolute atomic E-state index is 11.0. The largest absolute Gasteiger partial charge is 0.429 e. The number of hydrogen-bond acceptors (Lipinski definition) is 1. The quantitative estimate of drug-likeness (QED) is 0.739. The number of nitrogens with zero attached hydrogens (tertiary/aromatic N) is 1. The van der Waals surface area contributed by atoms with Gasteiger partial charge in [0.05, 0.1) is 0 Å². The monoisotopic (exact) mass is 215 g/mol. The second kappa shape index (κ2) is 3.73. The van der Waals surface area contributed by atoms with Gasteiger partial charge in [-0.3, -0.25) is 4.67 Å². The van der Waals surface area contributed by atoms with Crippen molar-refractivity contribution in [3.63, 3.8) is 0 Å². The van der Waals surface area contributed by atoms with Crippen molar-refractivity contribution < 1.29 is 14.4 Å². The molecule has 0 heterocycles. The lowest BCUT2D eigenvalue weighted by atomic mass is 10.1. The average Bonchev–Trinajstić information content (AvgIpc) is 2.07. The summed E-state index contributed by atoms with van der Waals surface area (Å²) in [5, 5.41) is 0. The van der Waals surface area contributed by atoms with Gasteiger partial charge in [0, 0.05) is 12.7 Å². The zero-order chi connectivity index (χ0) is 10.9. The van der Waals surface area contributed by atoms with Crippen LogP contribution < -0.4 is 4.67 Å². The summed E-state index contributed by atoms with van der Waals surface area (Å²) in [7, 11) is -2.80. The molecule has 0 radical (unpaired) electrons. The third kappa shape index (κ3) is 2.15. The van der Waals surface area contributed by atoms with Crippen LogP contribution in [-0.2, 0) is 4.57 Å². The third-order valence-electron chi connectivity index (χ3n) is 2.32. The lowest BCUT2D eigenvalue weighted by Crippen LogP contribution is -2.14.